The van der Waals surface area contributed by atoms with Crippen LogP contribution in [-0.4, -0.2) is 53.0 Å². The molecule has 0 amide bonds. The van der Waals surface area contributed by atoms with E-state index in [0.717, 1.165) is 11.3 Å². The first-order valence-electron chi connectivity index (χ1n) is 10.0. The number of hydrogen-bond acceptors (Lipinski definition) is 7. The van der Waals surface area contributed by atoms with Gasteiger partial charge in [-0.05, 0) is 30.7 Å². The van der Waals surface area contributed by atoms with Crippen molar-refractivity contribution in [3.63, 3.8) is 0 Å². The van der Waals surface area contributed by atoms with Crippen molar-refractivity contribution in [2.24, 2.45) is 0 Å². The van der Waals surface area contributed by atoms with E-state index in [4.69, 9.17) is 10.6 Å². The van der Waals surface area contributed by atoms with Gasteiger partial charge in [0.05, 0.1) is 11.5 Å². The lowest BCUT2D eigenvalue weighted by Gasteiger charge is -2.18. The van der Waals surface area contributed by atoms with Crippen LogP contribution in [0.3, 0.4) is 0 Å². The average molecular weight is 462 g/mol. The number of aryl methyl sites for hydroxylation is 1. The molecule has 2 N–H and O–H groups in total. The number of nitrogen functional groups attached to an aromatic ring is 1. The van der Waals surface area contributed by atoms with E-state index in [9.17, 15) is 8.42 Å². The number of sulfonamides is 1. The SMILES string of the molecule is CCN(CC)S(=O)(=O)c1cccc(-c2nnc(SCCOc3ccccc3C)n2N)c1. The van der Waals surface area contributed by atoms with E-state index in [0.29, 0.717) is 42.0 Å². The number of hydrogen-bond donors (Lipinski definition) is 1. The minimum absolute atomic E-state index is 0.206. The zero-order chi connectivity index (χ0) is 22.4. The first-order valence-corrected chi connectivity index (χ1v) is 12.4. The lowest BCUT2D eigenvalue weighted by molar-refractivity contribution is 0.341. The molecular weight excluding hydrogens is 434 g/mol. The monoisotopic (exact) mass is 461 g/mol. The molecule has 0 aliphatic rings. The van der Waals surface area contributed by atoms with Crippen LogP contribution >= 0.6 is 11.8 Å². The summed E-state index contributed by atoms with van der Waals surface area (Å²) in [5.74, 6) is 8.09. The summed E-state index contributed by atoms with van der Waals surface area (Å²) < 4.78 is 34.2. The number of para-hydroxylation sites is 1. The molecule has 0 atom stereocenters. The van der Waals surface area contributed by atoms with Gasteiger partial charge in [0.15, 0.2) is 5.82 Å². The first kappa shape index (κ1) is 23.1. The Labute approximate surface area is 187 Å². The highest BCUT2D eigenvalue weighted by atomic mass is 32.2. The molecule has 0 saturated heterocycles. The summed E-state index contributed by atoms with van der Waals surface area (Å²) in [6.45, 7) is 6.93. The van der Waals surface area contributed by atoms with E-state index >= 15 is 0 Å². The summed E-state index contributed by atoms with van der Waals surface area (Å²) in [4.78, 5) is 0.206. The summed E-state index contributed by atoms with van der Waals surface area (Å²) >= 11 is 1.42. The molecule has 2 aromatic carbocycles. The molecule has 10 heteroatoms. The Morgan fingerprint density at radius 1 is 1.10 bits per heavy atom. The molecule has 3 aromatic rings. The van der Waals surface area contributed by atoms with Crippen molar-refractivity contribution in [1.29, 1.82) is 0 Å². The number of ether oxygens (including phenoxy) is 1. The Morgan fingerprint density at radius 2 is 1.84 bits per heavy atom. The molecule has 0 saturated carbocycles. The smallest absolute Gasteiger partial charge is 0.243 e. The van der Waals surface area contributed by atoms with Crippen molar-refractivity contribution in [3.8, 4) is 17.1 Å². The summed E-state index contributed by atoms with van der Waals surface area (Å²) in [6.07, 6.45) is 0. The minimum Gasteiger partial charge on any atom is -0.492 e. The van der Waals surface area contributed by atoms with Gasteiger partial charge in [-0.3, -0.25) is 0 Å². The van der Waals surface area contributed by atoms with E-state index < -0.39 is 10.0 Å². The van der Waals surface area contributed by atoms with Crippen molar-refractivity contribution < 1.29 is 13.2 Å². The van der Waals surface area contributed by atoms with Crippen LogP contribution in [0.15, 0.2) is 58.6 Å². The summed E-state index contributed by atoms with van der Waals surface area (Å²) in [5, 5.41) is 8.84. The number of thioether (sulfide) groups is 1. The third-order valence-corrected chi connectivity index (χ3v) is 7.72. The van der Waals surface area contributed by atoms with Crippen LogP contribution in [0.5, 0.6) is 5.75 Å². The van der Waals surface area contributed by atoms with Gasteiger partial charge in [0.25, 0.3) is 0 Å². The van der Waals surface area contributed by atoms with Crippen LogP contribution in [0.2, 0.25) is 0 Å². The Balaban J connectivity index is 1.71. The van der Waals surface area contributed by atoms with Gasteiger partial charge in [-0.25, -0.2) is 13.1 Å². The first-order chi connectivity index (χ1) is 14.9. The van der Waals surface area contributed by atoms with Crippen molar-refractivity contribution in [2.75, 3.05) is 31.3 Å². The second kappa shape index (κ2) is 10.2. The highest BCUT2D eigenvalue weighted by Gasteiger charge is 2.23. The van der Waals surface area contributed by atoms with Crippen LogP contribution in [0.4, 0.5) is 0 Å². The molecular formula is C21H27N5O3S2. The zero-order valence-electron chi connectivity index (χ0n) is 17.9. The second-order valence-electron chi connectivity index (χ2n) is 6.76. The van der Waals surface area contributed by atoms with Gasteiger partial charge in [-0.2, -0.15) is 4.31 Å². The van der Waals surface area contributed by atoms with E-state index in [1.54, 1.807) is 24.3 Å². The molecule has 0 fully saturated rings. The number of aromatic nitrogens is 3. The van der Waals surface area contributed by atoms with Gasteiger partial charge in [-0.1, -0.05) is 55.9 Å². The molecule has 3 rings (SSSR count). The normalized spacial score (nSPS) is 11.7. The molecule has 1 heterocycles. The van der Waals surface area contributed by atoms with Crippen LogP contribution in [0.25, 0.3) is 11.4 Å². The zero-order valence-corrected chi connectivity index (χ0v) is 19.5. The van der Waals surface area contributed by atoms with E-state index in [1.807, 2.05) is 45.0 Å². The molecule has 166 valence electrons. The molecule has 1 aromatic heterocycles. The molecule has 0 radical (unpaired) electrons. The Morgan fingerprint density at radius 3 is 2.55 bits per heavy atom. The van der Waals surface area contributed by atoms with Crippen LogP contribution in [0, 0.1) is 6.92 Å². The van der Waals surface area contributed by atoms with Gasteiger partial charge in [0.1, 0.15) is 5.75 Å². The summed E-state index contributed by atoms with van der Waals surface area (Å²) in [5.41, 5.74) is 1.67. The third-order valence-electron chi connectivity index (χ3n) is 4.77. The highest BCUT2D eigenvalue weighted by molar-refractivity contribution is 7.99. The Kier molecular flexibility index (Phi) is 7.58. The van der Waals surface area contributed by atoms with Gasteiger partial charge in [0, 0.05) is 24.4 Å². The third kappa shape index (κ3) is 5.20. The maximum atomic E-state index is 12.8. The van der Waals surface area contributed by atoms with Gasteiger partial charge >= 0.3 is 0 Å². The largest absolute Gasteiger partial charge is 0.492 e. The Hall–Kier alpha value is -2.56. The molecule has 0 spiro atoms. The maximum Gasteiger partial charge on any atom is 0.243 e. The predicted octanol–water partition coefficient (Wildman–Crippen LogP) is 3.17. The van der Waals surface area contributed by atoms with E-state index in [-0.39, 0.29) is 4.90 Å². The second-order valence-corrected chi connectivity index (χ2v) is 9.76. The Bertz CT molecular complexity index is 1130. The molecule has 0 unspecified atom stereocenters. The quantitative estimate of drug-likeness (QED) is 0.281. The fraction of sp³-hybridized carbons (Fsp3) is 0.333. The van der Waals surface area contributed by atoms with Crippen molar-refractivity contribution >= 4 is 21.8 Å². The summed E-state index contributed by atoms with van der Waals surface area (Å²) in [7, 11) is -3.57. The maximum absolute atomic E-state index is 12.8. The standard InChI is InChI=1S/C21H27N5O3S2/c1-4-25(5-2)31(27,28)18-11-8-10-17(15-18)20-23-24-21(26(20)22)30-14-13-29-19-12-7-6-9-16(19)3/h6-12,15H,4-5,13-14,22H2,1-3H3. The van der Waals surface area contributed by atoms with E-state index in [2.05, 4.69) is 10.2 Å². The molecule has 0 bridgehead atoms. The molecule has 31 heavy (non-hydrogen) atoms. The fourth-order valence-electron chi connectivity index (χ4n) is 3.08. The van der Waals surface area contributed by atoms with E-state index in [1.165, 1.54) is 20.7 Å². The number of nitrogens with two attached hydrogens (primary N) is 1. The topological polar surface area (TPSA) is 103 Å². The van der Waals surface area contributed by atoms with Crippen molar-refractivity contribution in [3.05, 3.63) is 54.1 Å². The highest BCUT2D eigenvalue weighted by Crippen LogP contribution is 2.25. The van der Waals surface area contributed by atoms with Gasteiger partial charge in [-0.15, -0.1) is 10.2 Å². The van der Waals surface area contributed by atoms with Crippen LogP contribution in [-0.2, 0) is 10.0 Å². The number of benzene rings is 2. The molecule has 0 aliphatic heterocycles. The van der Waals surface area contributed by atoms with Gasteiger partial charge in [0.2, 0.25) is 15.2 Å². The average Bonchev–Trinajstić information content (AvgIpc) is 3.13. The lowest BCUT2D eigenvalue weighted by atomic mass is 10.2. The van der Waals surface area contributed by atoms with Crippen LogP contribution in [0.1, 0.15) is 19.4 Å². The number of nitrogens with zero attached hydrogens (tertiary/aromatic N) is 4. The van der Waals surface area contributed by atoms with Gasteiger partial charge < -0.3 is 10.6 Å². The molecule has 8 nitrogen and oxygen atoms in total. The predicted molar refractivity (Wildman–Crippen MR) is 123 cm³/mol. The minimum atomic E-state index is -3.57. The van der Waals surface area contributed by atoms with Crippen molar-refractivity contribution in [2.45, 2.75) is 30.8 Å². The lowest BCUT2D eigenvalue weighted by Crippen LogP contribution is -2.30. The summed E-state index contributed by atoms with van der Waals surface area (Å²) in [6, 6.07) is 14.4. The van der Waals surface area contributed by atoms with Crippen molar-refractivity contribution in [1.82, 2.24) is 19.2 Å². The fourth-order valence-corrected chi connectivity index (χ4v) is 5.26. The number of rotatable bonds is 10. The van der Waals surface area contributed by atoms with Crippen LogP contribution < -0.4 is 10.6 Å². The molecule has 0 aliphatic carbocycles.